The van der Waals surface area contributed by atoms with E-state index in [0.717, 1.165) is 27.3 Å². The van der Waals surface area contributed by atoms with Gasteiger partial charge in [0.15, 0.2) is 0 Å². The Morgan fingerprint density at radius 3 is 2.49 bits per heavy atom. The third-order valence-corrected chi connectivity index (χ3v) is 7.63. The molecule has 1 aliphatic heterocycles. The van der Waals surface area contributed by atoms with Crippen LogP contribution >= 0.6 is 0 Å². The number of amides is 2. The summed E-state index contributed by atoms with van der Waals surface area (Å²) in [6.07, 6.45) is 4.01. The van der Waals surface area contributed by atoms with E-state index >= 15 is 0 Å². The largest absolute Gasteiger partial charge is 0.468 e. The first kappa shape index (κ1) is 29.5. The number of ether oxygens (including phenoxy) is 1. The maximum atomic E-state index is 14.2. The van der Waals surface area contributed by atoms with Crippen molar-refractivity contribution >= 4 is 17.8 Å². The molecule has 0 aliphatic carbocycles. The molecule has 12 nitrogen and oxygen atoms in total. The van der Waals surface area contributed by atoms with Crippen molar-refractivity contribution < 1.29 is 19.1 Å². The highest BCUT2D eigenvalue weighted by Crippen LogP contribution is 2.31. The Kier molecular flexibility index (Phi) is 9.16. The number of aromatic amines is 2. The second kappa shape index (κ2) is 13.3. The normalized spacial score (nSPS) is 15.6. The van der Waals surface area contributed by atoms with Crippen LogP contribution in [-0.2, 0) is 20.7 Å². The predicted molar refractivity (Wildman–Crippen MR) is 157 cm³/mol. The summed E-state index contributed by atoms with van der Waals surface area (Å²) in [4.78, 5) is 54.8. The van der Waals surface area contributed by atoms with Crippen molar-refractivity contribution in [2.45, 2.75) is 45.1 Å². The number of carbonyl (C=O) groups excluding carboxylic acids is 3. The third-order valence-electron chi connectivity index (χ3n) is 7.63. The molecule has 2 atom stereocenters. The Balaban J connectivity index is 1.43. The highest BCUT2D eigenvalue weighted by Gasteiger charge is 2.42. The van der Waals surface area contributed by atoms with Crippen molar-refractivity contribution in [1.82, 2.24) is 35.6 Å². The smallest absolute Gasteiger partial charge is 0.324 e. The number of hydrogen-bond acceptors (Lipinski definition) is 9. The zero-order chi connectivity index (χ0) is 30.3. The lowest BCUT2D eigenvalue weighted by molar-refractivity contribution is -0.159. The second-order valence-corrected chi connectivity index (χ2v) is 10.4. The summed E-state index contributed by atoms with van der Waals surface area (Å²) in [5.41, 5.74) is 3.44. The molecule has 1 aliphatic rings. The monoisotopic (exact) mass is 583 g/mol. The molecule has 43 heavy (non-hydrogen) atoms. The Bertz CT molecular complexity index is 1610. The van der Waals surface area contributed by atoms with Crippen molar-refractivity contribution in [3.8, 4) is 22.5 Å². The number of pyridine rings is 1. The van der Waals surface area contributed by atoms with Crippen LogP contribution in [0.2, 0.25) is 0 Å². The van der Waals surface area contributed by atoms with E-state index in [2.05, 4.69) is 25.6 Å². The molecule has 0 bridgehead atoms. The van der Waals surface area contributed by atoms with Crippen molar-refractivity contribution in [3.05, 3.63) is 88.3 Å². The highest BCUT2D eigenvalue weighted by molar-refractivity contribution is 6.05. The summed E-state index contributed by atoms with van der Waals surface area (Å²) in [5, 5.41) is 17.0. The highest BCUT2D eigenvalue weighted by atomic mass is 16.5. The van der Waals surface area contributed by atoms with Crippen LogP contribution in [0.5, 0.6) is 0 Å². The number of hydrazine groups is 1. The van der Waals surface area contributed by atoms with Gasteiger partial charge < -0.3 is 9.72 Å². The predicted octanol–water partition coefficient (Wildman–Crippen LogP) is 3.40. The lowest BCUT2D eigenvalue weighted by Crippen LogP contribution is -2.56. The van der Waals surface area contributed by atoms with E-state index in [0.29, 0.717) is 44.5 Å². The minimum absolute atomic E-state index is 0.142. The van der Waals surface area contributed by atoms with Gasteiger partial charge in [0.05, 0.1) is 12.7 Å². The molecule has 12 heteroatoms. The van der Waals surface area contributed by atoms with Gasteiger partial charge in [-0.15, -0.1) is 10.2 Å². The zero-order valence-electron chi connectivity index (χ0n) is 24.0. The number of tetrazole rings is 1. The number of nitrogens with one attached hydrogen (secondary N) is 2. The number of benzene rings is 2. The quantitative estimate of drug-likeness (QED) is 0.267. The fourth-order valence-corrected chi connectivity index (χ4v) is 5.52. The number of imide groups is 1. The van der Waals surface area contributed by atoms with Crippen LogP contribution in [0.15, 0.2) is 71.7 Å². The number of carbonyl (C=O) groups is 3. The van der Waals surface area contributed by atoms with Crippen LogP contribution in [0, 0.1) is 5.92 Å². The minimum atomic E-state index is -0.763. The molecule has 2 amide bonds. The molecule has 2 N–H and O–H groups in total. The molecule has 4 aromatic rings. The molecular weight excluding hydrogens is 550 g/mol. The molecule has 3 heterocycles. The van der Waals surface area contributed by atoms with E-state index < -0.39 is 29.7 Å². The summed E-state index contributed by atoms with van der Waals surface area (Å²) in [5.74, 6) is -1.55. The molecule has 1 fully saturated rings. The first-order valence-electron chi connectivity index (χ1n) is 14.2. The van der Waals surface area contributed by atoms with Crippen LogP contribution in [0.1, 0.15) is 48.5 Å². The number of rotatable bonds is 10. The summed E-state index contributed by atoms with van der Waals surface area (Å²) in [7, 11) is 1.29. The number of esters is 1. The first-order chi connectivity index (χ1) is 20.9. The molecule has 0 spiro atoms. The lowest BCUT2D eigenvalue weighted by atomic mass is 9.92. The summed E-state index contributed by atoms with van der Waals surface area (Å²) >= 11 is 0. The van der Waals surface area contributed by atoms with Gasteiger partial charge in [-0.05, 0) is 53.7 Å². The molecule has 0 radical (unpaired) electrons. The maximum absolute atomic E-state index is 14.2. The van der Waals surface area contributed by atoms with E-state index in [1.54, 1.807) is 0 Å². The lowest BCUT2D eigenvalue weighted by Gasteiger charge is -2.35. The van der Waals surface area contributed by atoms with Gasteiger partial charge in [0.25, 0.3) is 5.91 Å². The molecule has 2 aromatic heterocycles. The van der Waals surface area contributed by atoms with Gasteiger partial charge in [-0.2, -0.15) is 10.2 Å². The van der Waals surface area contributed by atoms with E-state index in [1.807, 2.05) is 55.5 Å². The Hall–Kier alpha value is -4.97. The van der Waals surface area contributed by atoms with E-state index in [9.17, 15) is 19.2 Å². The van der Waals surface area contributed by atoms with Gasteiger partial charge in [-0.3, -0.25) is 19.2 Å². The summed E-state index contributed by atoms with van der Waals surface area (Å²) < 4.78 is 4.99. The standard InChI is InChI=1S/C31H33N7O5/c1-3-7-22(18-20-11-13-21(14-12-20)24-8-4-5-9-25(24)28-33-35-36-34-28)29(40)38(30(41)23-15-16-27(39)32-19-23)37-17-6-10-26(37)31(42)43-2/h4-5,8-9,11-16,19,22,26H,3,6-7,10,17-18H2,1-2H3,(H,32,39)(H,33,34,35,36)/t22-,26-/m0/s1. The average molecular weight is 584 g/mol. The van der Waals surface area contributed by atoms with Crippen LogP contribution in [0.25, 0.3) is 22.5 Å². The topological polar surface area (TPSA) is 154 Å². The molecule has 0 unspecified atom stereocenters. The Morgan fingerprint density at radius 2 is 1.84 bits per heavy atom. The fourth-order valence-electron chi connectivity index (χ4n) is 5.52. The first-order valence-corrected chi connectivity index (χ1v) is 14.2. The minimum Gasteiger partial charge on any atom is -0.468 e. The van der Waals surface area contributed by atoms with Gasteiger partial charge in [0.2, 0.25) is 17.3 Å². The molecule has 222 valence electrons. The molecule has 1 saturated heterocycles. The van der Waals surface area contributed by atoms with Gasteiger partial charge >= 0.3 is 5.97 Å². The molecule has 5 rings (SSSR count). The van der Waals surface area contributed by atoms with Crippen LogP contribution in [0.4, 0.5) is 0 Å². The average Bonchev–Trinajstić information content (AvgIpc) is 3.75. The fraction of sp³-hybridized carbons (Fsp3) is 0.323. The van der Waals surface area contributed by atoms with Gasteiger partial charge in [0, 0.05) is 30.3 Å². The van der Waals surface area contributed by atoms with Crippen molar-refractivity contribution in [1.29, 1.82) is 0 Å². The van der Waals surface area contributed by atoms with Crippen molar-refractivity contribution in [3.63, 3.8) is 0 Å². The van der Waals surface area contributed by atoms with Gasteiger partial charge in [-0.1, -0.05) is 61.9 Å². The number of aromatic nitrogens is 5. The number of H-pyrrole nitrogens is 2. The zero-order valence-corrected chi connectivity index (χ0v) is 24.0. The summed E-state index contributed by atoms with van der Waals surface area (Å²) in [6.45, 7) is 2.33. The summed E-state index contributed by atoms with van der Waals surface area (Å²) in [6, 6.07) is 17.5. The van der Waals surface area contributed by atoms with Crippen molar-refractivity contribution in [2.75, 3.05) is 13.7 Å². The Labute approximate surface area is 248 Å². The number of hydrogen-bond donors (Lipinski definition) is 2. The van der Waals surface area contributed by atoms with Crippen LogP contribution < -0.4 is 5.56 Å². The van der Waals surface area contributed by atoms with Crippen LogP contribution in [0.3, 0.4) is 0 Å². The Morgan fingerprint density at radius 1 is 1.07 bits per heavy atom. The van der Waals surface area contributed by atoms with E-state index in [-0.39, 0.29) is 11.1 Å². The molecule has 0 saturated carbocycles. The van der Waals surface area contributed by atoms with Gasteiger partial charge in [0.1, 0.15) is 6.04 Å². The SMILES string of the molecule is CCC[C@@H](Cc1ccc(-c2ccccc2-c2nn[nH]n2)cc1)C(=O)N(C(=O)c1ccc(=O)[nH]c1)N1CCC[C@H]1C(=O)OC. The molecule has 2 aromatic carbocycles. The maximum Gasteiger partial charge on any atom is 0.324 e. The number of nitrogens with zero attached hydrogens (tertiary/aromatic N) is 5. The van der Waals surface area contributed by atoms with E-state index in [1.165, 1.54) is 30.4 Å². The second-order valence-electron chi connectivity index (χ2n) is 10.4. The van der Waals surface area contributed by atoms with Crippen LogP contribution in [-0.4, -0.2) is 73.1 Å². The van der Waals surface area contributed by atoms with Crippen molar-refractivity contribution in [2.24, 2.45) is 5.92 Å². The molecular formula is C31H33N7O5. The van der Waals surface area contributed by atoms with Gasteiger partial charge in [-0.25, -0.2) is 5.01 Å². The third kappa shape index (κ3) is 6.44. The van der Waals surface area contributed by atoms with E-state index in [4.69, 9.17) is 4.74 Å². The number of methoxy groups -OCH3 is 1.